The van der Waals surface area contributed by atoms with E-state index in [1.807, 2.05) is 61.5 Å². The third kappa shape index (κ3) is 3.50. The number of rotatable bonds is 4. The van der Waals surface area contributed by atoms with Crippen LogP contribution in [0.25, 0.3) is 21.9 Å². The minimum atomic E-state index is 0.211. The highest BCUT2D eigenvalue weighted by Crippen LogP contribution is 2.33. The number of aromatic nitrogens is 1. The van der Waals surface area contributed by atoms with Crippen molar-refractivity contribution in [1.29, 1.82) is 0 Å². The summed E-state index contributed by atoms with van der Waals surface area (Å²) in [5.74, 6) is 1.44. The number of pyridine rings is 1. The number of nitrogens with zero attached hydrogens (tertiary/aromatic N) is 2. The van der Waals surface area contributed by atoms with Gasteiger partial charge in [-0.25, -0.2) is 4.98 Å². The van der Waals surface area contributed by atoms with Gasteiger partial charge in [-0.2, -0.15) is 0 Å². The first-order valence-electron chi connectivity index (χ1n) is 10.3. The molecule has 6 heteroatoms. The van der Waals surface area contributed by atoms with Gasteiger partial charge in [-0.05, 0) is 56.2 Å². The number of fused-ring (bicyclic) bond motifs is 3. The molecule has 152 valence electrons. The Morgan fingerprint density at radius 2 is 1.87 bits per heavy atom. The Labute approximate surface area is 174 Å². The molecule has 1 saturated carbocycles. The number of hydroxylamine groups is 1. The van der Waals surface area contributed by atoms with E-state index < -0.39 is 0 Å². The molecular weight excluding hydrogens is 378 g/mol. The quantitative estimate of drug-likeness (QED) is 0.259. The van der Waals surface area contributed by atoms with Gasteiger partial charge in [-0.3, -0.25) is 15.7 Å². The first-order chi connectivity index (χ1) is 14.7. The van der Waals surface area contributed by atoms with E-state index in [0.29, 0.717) is 23.0 Å². The maximum Gasteiger partial charge on any atom is 0.230 e. The molecule has 2 heterocycles. The number of aliphatic imine (C=N–C) groups is 1. The van der Waals surface area contributed by atoms with E-state index in [9.17, 15) is 5.21 Å². The summed E-state index contributed by atoms with van der Waals surface area (Å²) >= 11 is 0. The van der Waals surface area contributed by atoms with Crippen LogP contribution in [0.15, 0.2) is 64.0 Å². The van der Waals surface area contributed by atoms with Gasteiger partial charge in [0.05, 0.1) is 11.6 Å². The number of ether oxygens (including phenoxy) is 1. The molecule has 0 saturated heterocycles. The summed E-state index contributed by atoms with van der Waals surface area (Å²) < 4.78 is 12.1. The van der Waals surface area contributed by atoms with Gasteiger partial charge in [0, 0.05) is 16.5 Å². The summed E-state index contributed by atoms with van der Waals surface area (Å²) in [6.07, 6.45) is 4.40. The summed E-state index contributed by atoms with van der Waals surface area (Å²) in [5, 5.41) is 11.8. The number of furan rings is 1. The van der Waals surface area contributed by atoms with Crippen molar-refractivity contribution in [3.63, 3.8) is 0 Å². The molecule has 2 N–H and O–H groups in total. The zero-order valence-corrected chi connectivity index (χ0v) is 16.8. The Morgan fingerprint density at radius 1 is 1.07 bits per heavy atom. The Bertz CT molecular complexity index is 1240. The van der Waals surface area contributed by atoms with Crippen molar-refractivity contribution < 1.29 is 14.4 Å². The van der Waals surface area contributed by atoms with Gasteiger partial charge in [0.15, 0.2) is 5.84 Å². The highest BCUT2D eigenvalue weighted by Gasteiger charge is 2.19. The maximum absolute atomic E-state index is 9.76. The second kappa shape index (κ2) is 7.80. The third-order valence-corrected chi connectivity index (χ3v) is 5.56. The SMILES string of the molecule is Cc1ccc(C(=NC2CCCC2)NO)c(Oc2ccc3oc4ccccc4c3c2)n1. The molecule has 0 aliphatic heterocycles. The Hall–Kier alpha value is -3.38. The van der Waals surface area contributed by atoms with Crippen molar-refractivity contribution in [3.8, 4) is 11.6 Å². The lowest BCUT2D eigenvalue weighted by Crippen LogP contribution is -2.23. The number of hydrogen-bond donors (Lipinski definition) is 2. The predicted molar refractivity (Wildman–Crippen MR) is 116 cm³/mol. The van der Waals surface area contributed by atoms with Crippen molar-refractivity contribution in [2.45, 2.75) is 38.6 Å². The lowest BCUT2D eigenvalue weighted by atomic mass is 10.1. The van der Waals surface area contributed by atoms with Crippen LogP contribution in [0.1, 0.15) is 36.9 Å². The molecule has 0 amide bonds. The summed E-state index contributed by atoms with van der Waals surface area (Å²) in [7, 11) is 0. The molecular formula is C24H23N3O3. The van der Waals surface area contributed by atoms with Gasteiger partial charge in [0.2, 0.25) is 5.88 Å². The van der Waals surface area contributed by atoms with Crippen LogP contribution in [0, 0.1) is 6.92 Å². The standard InChI is InChI=1S/C24H23N3O3/c1-15-10-12-19(23(27-28)26-16-6-2-3-7-16)24(25-15)29-17-11-13-22-20(14-17)18-8-4-5-9-21(18)30-22/h4-5,8-14,16,28H,2-3,6-7H2,1H3,(H,26,27). The van der Waals surface area contributed by atoms with Crippen molar-refractivity contribution in [3.05, 3.63) is 65.9 Å². The monoisotopic (exact) mass is 401 g/mol. The second-order valence-corrected chi connectivity index (χ2v) is 7.69. The molecule has 30 heavy (non-hydrogen) atoms. The van der Waals surface area contributed by atoms with Gasteiger partial charge in [-0.1, -0.05) is 31.0 Å². The van der Waals surface area contributed by atoms with Gasteiger partial charge in [0.1, 0.15) is 16.9 Å². The van der Waals surface area contributed by atoms with Crippen molar-refractivity contribution in [2.75, 3.05) is 0 Å². The number of amidine groups is 1. The van der Waals surface area contributed by atoms with Crippen LogP contribution in [-0.2, 0) is 0 Å². The highest BCUT2D eigenvalue weighted by atomic mass is 16.5. The minimum absolute atomic E-state index is 0.211. The van der Waals surface area contributed by atoms with Crippen LogP contribution < -0.4 is 10.2 Å². The van der Waals surface area contributed by atoms with Crippen LogP contribution in [0.3, 0.4) is 0 Å². The van der Waals surface area contributed by atoms with Gasteiger partial charge in [-0.15, -0.1) is 0 Å². The largest absolute Gasteiger partial charge is 0.456 e. The zero-order valence-electron chi connectivity index (χ0n) is 16.8. The van der Waals surface area contributed by atoms with E-state index in [0.717, 1.165) is 40.5 Å². The molecule has 1 fully saturated rings. The number of aryl methyl sites for hydroxylation is 1. The predicted octanol–water partition coefficient (Wildman–Crippen LogP) is 5.75. The fourth-order valence-corrected chi connectivity index (χ4v) is 4.05. The molecule has 4 aromatic rings. The maximum atomic E-state index is 9.76. The molecule has 0 radical (unpaired) electrons. The first kappa shape index (κ1) is 18.6. The summed E-state index contributed by atoms with van der Waals surface area (Å²) in [6.45, 7) is 1.91. The minimum Gasteiger partial charge on any atom is -0.456 e. The molecule has 0 bridgehead atoms. The summed E-state index contributed by atoms with van der Waals surface area (Å²) in [6, 6.07) is 17.6. The van der Waals surface area contributed by atoms with Crippen molar-refractivity contribution in [1.82, 2.24) is 10.5 Å². The van der Waals surface area contributed by atoms with Gasteiger partial charge in [0.25, 0.3) is 0 Å². The zero-order chi connectivity index (χ0) is 20.5. The number of nitrogens with one attached hydrogen (secondary N) is 1. The average Bonchev–Trinajstić information content (AvgIpc) is 3.40. The van der Waals surface area contributed by atoms with E-state index >= 15 is 0 Å². The second-order valence-electron chi connectivity index (χ2n) is 7.69. The molecule has 1 aliphatic rings. The van der Waals surface area contributed by atoms with Crippen molar-refractivity contribution in [2.24, 2.45) is 4.99 Å². The number of hydrogen-bond acceptors (Lipinski definition) is 5. The molecule has 2 aromatic carbocycles. The van der Waals surface area contributed by atoms with Gasteiger partial charge < -0.3 is 9.15 Å². The van der Waals surface area contributed by atoms with E-state index in [1.54, 1.807) is 0 Å². The molecule has 0 unspecified atom stereocenters. The lowest BCUT2D eigenvalue weighted by molar-refractivity contribution is 0.234. The number of benzene rings is 2. The normalized spacial score (nSPS) is 15.2. The average molecular weight is 401 g/mol. The fourth-order valence-electron chi connectivity index (χ4n) is 4.05. The van der Waals surface area contributed by atoms with Crippen LogP contribution >= 0.6 is 0 Å². The topological polar surface area (TPSA) is 79.9 Å². The van der Waals surface area contributed by atoms with Crippen LogP contribution in [0.5, 0.6) is 11.6 Å². The Kier molecular flexibility index (Phi) is 4.85. The number of para-hydroxylation sites is 1. The summed E-state index contributed by atoms with van der Waals surface area (Å²) in [5.41, 5.74) is 5.36. The van der Waals surface area contributed by atoms with E-state index in [-0.39, 0.29) is 6.04 Å². The molecule has 2 aromatic heterocycles. The fraction of sp³-hybridized carbons (Fsp3) is 0.250. The summed E-state index contributed by atoms with van der Waals surface area (Å²) in [4.78, 5) is 9.26. The molecule has 0 spiro atoms. The van der Waals surface area contributed by atoms with Crippen LogP contribution in [-0.4, -0.2) is 22.1 Å². The van der Waals surface area contributed by atoms with Crippen LogP contribution in [0.2, 0.25) is 0 Å². The first-order valence-corrected chi connectivity index (χ1v) is 10.3. The molecule has 5 rings (SSSR count). The van der Waals surface area contributed by atoms with E-state index in [1.165, 1.54) is 12.8 Å². The van der Waals surface area contributed by atoms with E-state index in [2.05, 4.69) is 10.5 Å². The van der Waals surface area contributed by atoms with Crippen LogP contribution in [0.4, 0.5) is 0 Å². The highest BCUT2D eigenvalue weighted by molar-refractivity contribution is 6.05. The molecule has 6 nitrogen and oxygen atoms in total. The lowest BCUT2D eigenvalue weighted by Gasteiger charge is -2.14. The van der Waals surface area contributed by atoms with Crippen molar-refractivity contribution >= 4 is 27.8 Å². The van der Waals surface area contributed by atoms with E-state index in [4.69, 9.17) is 14.1 Å². The third-order valence-electron chi connectivity index (χ3n) is 5.56. The Balaban J connectivity index is 1.54. The van der Waals surface area contributed by atoms with Gasteiger partial charge >= 0.3 is 0 Å². The smallest absolute Gasteiger partial charge is 0.230 e. The molecule has 1 aliphatic carbocycles. The molecule has 0 atom stereocenters. The Morgan fingerprint density at radius 3 is 2.70 bits per heavy atom.